The fourth-order valence-electron chi connectivity index (χ4n) is 3.29. The van der Waals surface area contributed by atoms with E-state index in [0.717, 1.165) is 28.8 Å². The lowest BCUT2D eigenvalue weighted by atomic mass is 10.0. The topological polar surface area (TPSA) is 38.8 Å². The molecule has 0 N–H and O–H groups in total. The van der Waals surface area contributed by atoms with E-state index in [1.54, 1.807) is 4.90 Å². The van der Waals surface area contributed by atoms with E-state index in [-0.39, 0.29) is 5.91 Å². The third-order valence-electron chi connectivity index (χ3n) is 4.41. The van der Waals surface area contributed by atoms with Crippen molar-refractivity contribution < 1.29 is 14.3 Å². The van der Waals surface area contributed by atoms with Crippen molar-refractivity contribution in [3.05, 3.63) is 65.2 Å². The molecule has 0 aliphatic carbocycles. The molecular weight excluding hydrogens is 290 g/mol. The van der Waals surface area contributed by atoms with Gasteiger partial charge in [-0.3, -0.25) is 4.79 Å². The first-order valence-corrected chi connectivity index (χ1v) is 7.96. The summed E-state index contributed by atoms with van der Waals surface area (Å²) in [6, 6.07) is 16.0. The molecule has 1 spiro atoms. The fraction of sp³-hybridized carbons (Fsp3) is 0.316. The van der Waals surface area contributed by atoms with Crippen molar-refractivity contribution in [2.24, 2.45) is 0 Å². The number of carbonyl (C=O) groups is 1. The second-order valence-corrected chi connectivity index (χ2v) is 6.06. The van der Waals surface area contributed by atoms with E-state index in [2.05, 4.69) is 0 Å². The molecule has 1 fully saturated rings. The second kappa shape index (κ2) is 5.48. The zero-order chi connectivity index (χ0) is 15.9. The minimum atomic E-state index is -1.26. The van der Waals surface area contributed by atoms with Gasteiger partial charge in [-0.05, 0) is 31.0 Å². The predicted octanol–water partition coefficient (Wildman–Crippen LogP) is 3.13. The van der Waals surface area contributed by atoms with Crippen LogP contribution in [0.1, 0.15) is 23.1 Å². The number of amides is 1. The van der Waals surface area contributed by atoms with Gasteiger partial charge < -0.3 is 14.4 Å². The van der Waals surface area contributed by atoms with Crippen LogP contribution in [0.15, 0.2) is 48.5 Å². The molecule has 0 saturated carbocycles. The van der Waals surface area contributed by atoms with Crippen LogP contribution in [0.4, 0.5) is 5.69 Å². The van der Waals surface area contributed by atoms with Gasteiger partial charge >= 0.3 is 0 Å². The number of ether oxygens (including phenoxy) is 2. The molecule has 2 aromatic rings. The molecule has 2 aliphatic heterocycles. The summed E-state index contributed by atoms with van der Waals surface area (Å²) in [6.45, 7) is 3.61. The largest absolute Gasteiger partial charge is 0.338 e. The van der Waals surface area contributed by atoms with Crippen LogP contribution in [0.5, 0.6) is 0 Å². The molecule has 1 saturated heterocycles. The normalized spacial score (nSPS) is 19.2. The molecule has 0 atom stereocenters. The Bertz CT molecular complexity index is 736. The van der Waals surface area contributed by atoms with E-state index < -0.39 is 5.79 Å². The molecular formula is C19H19NO3. The van der Waals surface area contributed by atoms with Crippen molar-refractivity contribution in [3.63, 3.8) is 0 Å². The molecule has 2 heterocycles. The maximum absolute atomic E-state index is 13.1. The quantitative estimate of drug-likeness (QED) is 0.855. The van der Waals surface area contributed by atoms with Crippen LogP contribution in [0.2, 0.25) is 0 Å². The van der Waals surface area contributed by atoms with Crippen molar-refractivity contribution in [2.75, 3.05) is 18.1 Å². The number of hydrogen-bond acceptors (Lipinski definition) is 3. The molecule has 4 nitrogen and oxygen atoms in total. The summed E-state index contributed by atoms with van der Waals surface area (Å²) in [5, 5.41) is 0. The van der Waals surface area contributed by atoms with Gasteiger partial charge in [0.2, 0.25) is 0 Å². The molecule has 1 amide bonds. The summed E-state index contributed by atoms with van der Waals surface area (Å²) in [4.78, 5) is 14.9. The van der Waals surface area contributed by atoms with Gasteiger partial charge in [0, 0.05) is 5.56 Å². The lowest BCUT2D eigenvalue weighted by Crippen LogP contribution is -2.47. The third-order valence-corrected chi connectivity index (χ3v) is 4.41. The Labute approximate surface area is 135 Å². The van der Waals surface area contributed by atoms with Crippen molar-refractivity contribution in [1.29, 1.82) is 0 Å². The Kier molecular flexibility index (Phi) is 3.43. The van der Waals surface area contributed by atoms with Crippen LogP contribution < -0.4 is 4.90 Å². The summed E-state index contributed by atoms with van der Waals surface area (Å²) >= 11 is 0. The molecule has 118 valence electrons. The molecule has 0 bridgehead atoms. The van der Waals surface area contributed by atoms with Crippen molar-refractivity contribution in [2.45, 2.75) is 25.7 Å². The smallest absolute Gasteiger partial charge is 0.292 e. The minimum absolute atomic E-state index is 0.123. The highest BCUT2D eigenvalue weighted by Gasteiger charge is 2.54. The van der Waals surface area contributed by atoms with E-state index in [1.807, 2.05) is 55.5 Å². The molecule has 0 unspecified atom stereocenters. The first-order chi connectivity index (χ1) is 11.2. The number of fused-ring (bicyclic) bond motifs is 2. The van der Waals surface area contributed by atoms with Crippen molar-refractivity contribution in [3.8, 4) is 0 Å². The predicted molar refractivity (Wildman–Crippen MR) is 87.0 cm³/mol. The zero-order valence-corrected chi connectivity index (χ0v) is 13.1. The highest BCUT2D eigenvalue weighted by molar-refractivity contribution is 6.06. The van der Waals surface area contributed by atoms with Crippen LogP contribution in [-0.4, -0.2) is 19.1 Å². The number of rotatable bonds is 2. The third kappa shape index (κ3) is 2.26. The Hall–Kier alpha value is -2.17. The van der Waals surface area contributed by atoms with Gasteiger partial charge in [-0.2, -0.15) is 0 Å². The molecule has 0 aromatic heterocycles. The molecule has 4 rings (SSSR count). The Morgan fingerprint density at radius 1 is 1.09 bits per heavy atom. The second-order valence-electron chi connectivity index (χ2n) is 6.06. The van der Waals surface area contributed by atoms with Crippen LogP contribution in [-0.2, 0) is 26.6 Å². The molecule has 2 aliphatic rings. The average Bonchev–Trinajstić information content (AvgIpc) is 2.79. The Morgan fingerprint density at radius 3 is 2.57 bits per heavy atom. The van der Waals surface area contributed by atoms with Gasteiger partial charge in [0.15, 0.2) is 0 Å². The number of nitrogens with zero attached hydrogens (tertiary/aromatic N) is 1. The van der Waals surface area contributed by atoms with Gasteiger partial charge in [-0.25, -0.2) is 0 Å². The molecule has 0 radical (unpaired) electrons. The Balaban J connectivity index is 1.78. The standard InChI is InChI=1S/C19H19NO3/c1-14-8-9-17-16(12-14)19(22-10-5-11-23-19)18(21)20(17)13-15-6-3-2-4-7-15/h2-4,6-9,12H,5,10-11,13H2,1H3. The van der Waals surface area contributed by atoms with Crippen molar-refractivity contribution >= 4 is 11.6 Å². The van der Waals surface area contributed by atoms with E-state index in [4.69, 9.17) is 9.47 Å². The van der Waals surface area contributed by atoms with Crippen LogP contribution in [0.25, 0.3) is 0 Å². The fourth-order valence-corrected chi connectivity index (χ4v) is 3.29. The van der Waals surface area contributed by atoms with Gasteiger partial charge in [-0.1, -0.05) is 42.0 Å². The SMILES string of the molecule is Cc1ccc2c(c1)C1(OCCCO1)C(=O)N2Cc1ccccc1. The molecule has 4 heteroatoms. The summed E-state index contributed by atoms with van der Waals surface area (Å²) in [5.74, 6) is -1.38. The van der Waals surface area contributed by atoms with Gasteiger partial charge in [0.1, 0.15) is 0 Å². The lowest BCUT2D eigenvalue weighted by molar-refractivity contribution is -0.256. The Morgan fingerprint density at radius 2 is 1.83 bits per heavy atom. The van der Waals surface area contributed by atoms with E-state index >= 15 is 0 Å². The maximum atomic E-state index is 13.1. The monoisotopic (exact) mass is 309 g/mol. The van der Waals surface area contributed by atoms with Crippen LogP contribution >= 0.6 is 0 Å². The van der Waals surface area contributed by atoms with E-state index in [9.17, 15) is 4.79 Å². The number of hydrogen-bond donors (Lipinski definition) is 0. The molecule has 2 aromatic carbocycles. The number of carbonyl (C=O) groups excluding carboxylic acids is 1. The van der Waals surface area contributed by atoms with Crippen LogP contribution in [0.3, 0.4) is 0 Å². The number of benzene rings is 2. The summed E-state index contributed by atoms with van der Waals surface area (Å²) < 4.78 is 11.7. The molecule has 23 heavy (non-hydrogen) atoms. The maximum Gasteiger partial charge on any atom is 0.292 e. The highest BCUT2D eigenvalue weighted by atomic mass is 16.7. The zero-order valence-electron chi connectivity index (χ0n) is 13.1. The minimum Gasteiger partial charge on any atom is -0.338 e. The van der Waals surface area contributed by atoms with E-state index in [0.29, 0.717) is 19.8 Å². The lowest BCUT2D eigenvalue weighted by Gasteiger charge is -2.32. The van der Waals surface area contributed by atoms with Crippen molar-refractivity contribution in [1.82, 2.24) is 0 Å². The van der Waals surface area contributed by atoms with Gasteiger partial charge in [0.25, 0.3) is 11.7 Å². The number of aryl methyl sites for hydroxylation is 1. The van der Waals surface area contributed by atoms with Crippen LogP contribution in [0, 0.1) is 6.92 Å². The van der Waals surface area contributed by atoms with Gasteiger partial charge in [0.05, 0.1) is 25.4 Å². The summed E-state index contributed by atoms with van der Waals surface area (Å²) in [7, 11) is 0. The van der Waals surface area contributed by atoms with Gasteiger partial charge in [-0.15, -0.1) is 0 Å². The highest BCUT2D eigenvalue weighted by Crippen LogP contribution is 2.46. The first-order valence-electron chi connectivity index (χ1n) is 7.96. The van der Waals surface area contributed by atoms with E-state index in [1.165, 1.54) is 0 Å². The summed E-state index contributed by atoms with van der Waals surface area (Å²) in [6.07, 6.45) is 0.814. The average molecular weight is 309 g/mol. The number of anilines is 1. The summed E-state index contributed by atoms with van der Waals surface area (Å²) in [5.41, 5.74) is 3.89. The first kappa shape index (κ1) is 14.4.